The van der Waals surface area contributed by atoms with E-state index in [1.54, 1.807) is 6.20 Å². The Balaban J connectivity index is 2.47. The Labute approximate surface area is 95.5 Å². The molecule has 2 heteroatoms. The Hall–Kier alpha value is -1.85. The third kappa shape index (κ3) is 2.21. The molecule has 80 valence electrons. The second-order valence-corrected chi connectivity index (χ2v) is 3.69. The van der Waals surface area contributed by atoms with Gasteiger partial charge in [-0.25, -0.2) is 0 Å². The molecule has 1 atom stereocenters. The van der Waals surface area contributed by atoms with Crippen molar-refractivity contribution in [3.8, 4) is 11.8 Å². The van der Waals surface area contributed by atoms with E-state index in [9.17, 15) is 0 Å². The molecule has 0 aliphatic rings. The summed E-state index contributed by atoms with van der Waals surface area (Å²) in [5.41, 5.74) is 6.80. The molecule has 1 aromatic carbocycles. The molecule has 1 aromatic heterocycles. The number of hydrogen-bond acceptors (Lipinski definition) is 2. The van der Waals surface area contributed by atoms with Crippen LogP contribution in [0.2, 0.25) is 0 Å². The molecule has 0 fully saturated rings. The lowest BCUT2D eigenvalue weighted by Gasteiger charge is -2.00. The van der Waals surface area contributed by atoms with Crippen LogP contribution in [0.5, 0.6) is 0 Å². The molecule has 1 unspecified atom stereocenters. The Morgan fingerprint density at radius 3 is 3.06 bits per heavy atom. The number of pyridine rings is 1. The minimum atomic E-state index is -0.0444. The summed E-state index contributed by atoms with van der Waals surface area (Å²) in [6, 6.07) is 7.98. The standard InChI is InChI=1S/C14H14N2/c1-2-13(15)7-6-11-4-3-5-12-10-16-9-8-14(11)12/h3-5,8-10,13H,2,15H2,1H3. The number of hydrogen-bond donors (Lipinski definition) is 1. The average Bonchev–Trinajstić information content (AvgIpc) is 2.35. The van der Waals surface area contributed by atoms with Gasteiger partial charge < -0.3 is 5.73 Å². The van der Waals surface area contributed by atoms with E-state index in [1.807, 2.05) is 37.4 Å². The van der Waals surface area contributed by atoms with Gasteiger partial charge in [0.15, 0.2) is 0 Å². The van der Waals surface area contributed by atoms with Gasteiger partial charge >= 0.3 is 0 Å². The molecule has 16 heavy (non-hydrogen) atoms. The van der Waals surface area contributed by atoms with Crippen molar-refractivity contribution in [3.05, 3.63) is 42.2 Å². The highest BCUT2D eigenvalue weighted by Gasteiger charge is 1.97. The zero-order chi connectivity index (χ0) is 11.4. The quantitative estimate of drug-likeness (QED) is 0.734. The summed E-state index contributed by atoms with van der Waals surface area (Å²) in [6.07, 6.45) is 4.51. The summed E-state index contributed by atoms with van der Waals surface area (Å²) in [5, 5.41) is 2.24. The van der Waals surface area contributed by atoms with Crippen LogP contribution in [0.25, 0.3) is 10.8 Å². The summed E-state index contributed by atoms with van der Waals surface area (Å²) < 4.78 is 0. The van der Waals surface area contributed by atoms with Crippen LogP contribution in [0.3, 0.4) is 0 Å². The van der Waals surface area contributed by atoms with Crippen LogP contribution in [-0.4, -0.2) is 11.0 Å². The number of rotatable bonds is 1. The molecule has 2 nitrogen and oxygen atoms in total. The summed E-state index contributed by atoms with van der Waals surface area (Å²) in [4.78, 5) is 4.09. The smallest absolute Gasteiger partial charge is 0.0665 e. The highest BCUT2D eigenvalue weighted by atomic mass is 14.6. The molecule has 2 aromatic rings. The molecular weight excluding hydrogens is 196 g/mol. The number of benzene rings is 1. The Kier molecular flexibility index (Phi) is 3.19. The van der Waals surface area contributed by atoms with Crippen molar-refractivity contribution >= 4 is 10.8 Å². The van der Waals surface area contributed by atoms with Crippen molar-refractivity contribution < 1.29 is 0 Å². The molecule has 0 amide bonds. The number of nitrogens with two attached hydrogens (primary N) is 1. The van der Waals surface area contributed by atoms with Crippen LogP contribution < -0.4 is 5.73 Å². The van der Waals surface area contributed by atoms with Gasteiger partial charge in [-0.1, -0.05) is 30.9 Å². The highest BCUT2D eigenvalue weighted by molar-refractivity contribution is 5.87. The molecule has 0 saturated carbocycles. The van der Waals surface area contributed by atoms with Gasteiger partial charge in [-0.05, 0) is 18.6 Å². The van der Waals surface area contributed by atoms with Crippen LogP contribution in [0.15, 0.2) is 36.7 Å². The van der Waals surface area contributed by atoms with E-state index in [0.717, 1.165) is 22.8 Å². The van der Waals surface area contributed by atoms with E-state index >= 15 is 0 Å². The minimum Gasteiger partial charge on any atom is -0.318 e. The fourth-order valence-electron chi connectivity index (χ4n) is 1.50. The predicted octanol–water partition coefficient (Wildman–Crippen LogP) is 2.32. The fraction of sp³-hybridized carbons (Fsp3) is 0.214. The molecule has 2 N–H and O–H groups in total. The van der Waals surface area contributed by atoms with Gasteiger partial charge in [0.2, 0.25) is 0 Å². The fourth-order valence-corrected chi connectivity index (χ4v) is 1.50. The van der Waals surface area contributed by atoms with Crippen molar-refractivity contribution in [3.63, 3.8) is 0 Å². The lowest BCUT2D eigenvalue weighted by Crippen LogP contribution is -2.15. The van der Waals surface area contributed by atoms with Gasteiger partial charge in [0.1, 0.15) is 0 Å². The predicted molar refractivity (Wildman–Crippen MR) is 66.9 cm³/mol. The normalized spacial score (nSPS) is 11.9. The van der Waals surface area contributed by atoms with E-state index in [-0.39, 0.29) is 6.04 Å². The summed E-state index contributed by atoms with van der Waals surface area (Å²) in [6.45, 7) is 2.03. The van der Waals surface area contributed by atoms with Crippen LogP contribution in [-0.2, 0) is 0 Å². The van der Waals surface area contributed by atoms with Gasteiger partial charge in [0, 0.05) is 28.7 Å². The summed E-state index contributed by atoms with van der Waals surface area (Å²) in [5.74, 6) is 6.18. The Morgan fingerprint density at radius 2 is 2.25 bits per heavy atom. The van der Waals surface area contributed by atoms with Crippen molar-refractivity contribution in [2.24, 2.45) is 5.73 Å². The summed E-state index contributed by atoms with van der Waals surface area (Å²) >= 11 is 0. The van der Waals surface area contributed by atoms with Crippen LogP contribution in [0, 0.1) is 11.8 Å². The second-order valence-electron chi connectivity index (χ2n) is 3.69. The zero-order valence-corrected chi connectivity index (χ0v) is 9.27. The minimum absolute atomic E-state index is 0.0444. The van der Waals surface area contributed by atoms with Crippen LogP contribution in [0.4, 0.5) is 0 Å². The monoisotopic (exact) mass is 210 g/mol. The largest absolute Gasteiger partial charge is 0.318 e. The highest BCUT2D eigenvalue weighted by Crippen LogP contribution is 2.16. The van der Waals surface area contributed by atoms with Gasteiger partial charge in [0.05, 0.1) is 6.04 Å². The molecule has 0 saturated heterocycles. The third-order valence-corrected chi connectivity index (χ3v) is 2.51. The van der Waals surface area contributed by atoms with Gasteiger partial charge in [-0.3, -0.25) is 4.98 Å². The molecule has 0 radical (unpaired) electrons. The van der Waals surface area contributed by atoms with Crippen molar-refractivity contribution in [2.75, 3.05) is 0 Å². The first-order valence-electron chi connectivity index (χ1n) is 5.41. The number of nitrogens with zero attached hydrogens (tertiary/aromatic N) is 1. The molecular formula is C14H14N2. The Morgan fingerprint density at radius 1 is 1.38 bits per heavy atom. The van der Waals surface area contributed by atoms with Crippen molar-refractivity contribution in [2.45, 2.75) is 19.4 Å². The molecule has 0 aliphatic carbocycles. The molecule has 2 rings (SSSR count). The molecule has 0 spiro atoms. The van der Waals surface area contributed by atoms with E-state index in [2.05, 4.69) is 16.8 Å². The lowest BCUT2D eigenvalue weighted by molar-refractivity contribution is 0.806. The van der Waals surface area contributed by atoms with E-state index in [1.165, 1.54) is 0 Å². The third-order valence-electron chi connectivity index (χ3n) is 2.51. The number of fused-ring (bicyclic) bond motifs is 1. The van der Waals surface area contributed by atoms with Gasteiger partial charge in [0.25, 0.3) is 0 Å². The number of aromatic nitrogens is 1. The molecule has 1 heterocycles. The Bertz CT molecular complexity index is 544. The molecule has 0 bridgehead atoms. The maximum absolute atomic E-state index is 5.78. The molecule has 0 aliphatic heterocycles. The summed E-state index contributed by atoms with van der Waals surface area (Å²) in [7, 11) is 0. The second kappa shape index (κ2) is 4.78. The van der Waals surface area contributed by atoms with Crippen molar-refractivity contribution in [1.29, 1.82) is 0 Å². The first-order valence-corrected chi connectivity index (χ1v) is 5.41. The maximum atomic E-state index is 5.78. The SMILES string of the molecule is CCC(N)C#Cc1cccc2cnccc12. The maximum Gasteiger partial charge on any atom is 0.0665 e. The van der Waals surface area contributed by atoms with Gasteiger partial charge in [-0.15, -0.1) is 0 Å². The van der Waals surface area contributed by atoms with Gasteiger partial charge in [-0.2, -0.15) is 0 Å². The van der Waals surface area contributed by atoms with E-state index in [0.29, 0.717) is 0 Å². The zero-order valence-electron chi connectivity index (χ0n) is 9.27. The lowest BCUT2D eigenvalue weighted by atomic mass is 10.1. The van der Waals surface area contributed by atoms with Crippen LogP contribution >= 0.6 is 0 Å². The first kappa shape index (κ1) is 10.7. The topological polar surface area (TPSA) is 38.9 Å². The van der Waals surface area contributed by atoms with Crippen molar-refractivity contribution in [1.82, 2.24) is 4.98 Å². The van der Waals surface area contributed by atoms with E-state index < -0.39 is 0 Å². The average molecular weight is 210 g/mol. The van der Waals surface area contributed by atoms with Crippen LogP contribution in [0.1, 0.15) is 18.9 Å². The first-order chi connectivity index (χ1) is 7.81. The van der Waals surface area contributed by atoms with E-state index in [4.69, 9.17) is 5.73 Å².